The lowest BCUT2D eigenvalue weighted by Gasteiger charge is -2.21. The van der Waals surface area contributed by atoms with Gasteiger partial charge in [-0.05, 0) is 58.9 Å². The molecule has 176 valence electrons. The van der Waals surface area contributed by atoms with Crippen molar-refractivity contribution >= 4 is 17.4 Å². The van der Waals surface area contributed by atoms with E-state index >= 15 is 0 Å². The summed E-state index contributed by atoms with van der Waals surface area (Å²) in [4.78, 5) is 27.2. The third-order valence-corrected chi connectivity index (χ3v) is 6.19. The maximum atomic E-state index is 12.4. The first-order chi connectivity index (χ1) is 17.0. The highest BCUT2D eigenvalue weighted by atomic mass is 16.6. The predicted molar refractivity (Wildman–Crippen MR) is 134 cm³/mol. The third-order valence-electron chi connectivity index (χ3n) is 6.19. The largest absolute Gasteiger partial charge is 0.444 e. The Morgan fingerprint density at radius 2 is 1.94 bits per heavy atom. The van der Waals surface area contributed by atoms with E-state index in [4.69, 9.17) is 11.3 Å². The Bertz CT molecular complexity index is 1330. The molecule has 3 aromatic carbocycles. The summed E-state index contributed by atoms with van der Waals surface area (Å²) in [6, 6.07) is 20.7. The van der Waals surface area contributed by atoms with Crippen LogP contribution in [0.25, 0.3) is 10.4 Å². The Hall–Kier alpha value is -4.44. The van der Waals surface area contributed by atoms with Gasteiger partial charge < -0.3 is 9.58 Å². The summed E-state index contributed by atoms with van der Waals surface area (Å²) in [7, 11) is 0. The molecule has 7 nitrogen and oxygen atoms in total. The van der Waals surface area contributed by atoms with Crippen molar-refractivity contribution in [3.8, 4) is 0 Å². The summed E-state index contributed by atoms with van der Waals surface area (Å²) in [6.07, 6.45) is 2.12. The first-order valence-electron chi connectivity index (χ1n) is 11.3. The molecule has 0 aromatic heterocycles. The monoisotopic (exact) mass is 467 g/mol. The van der Waals surface area contributed by atoms with E-state index in [1.807, 2.05) is 67.6 Å². The number of nitrogens with one attached hydrogen (secondary N) is 1. The number of rotatable bonds is 8. The first kappa shape index (κ1) is 23.7. The number of nitro groups is 1. The lowest BCUT2D eigenvalue weighted by atomic mass is 9.85. The predicted octanol–water partition coefficient (Wildman–Crippen LogP) is 6.16. The molecule has 0 heterocycles. The maximum Gasteiger partial charge on any atom is 0.411 e. The molecule has 1 unspecified atom stereocenters. The first-order valence-corrected chi connectivity index (χ1v) is 11.3. The van der Waals surface area contributed by atoms with Crippen LogP contribution in [-0.2, 0) is 24.3 Å². The molecule has 0 fully saturated rings. The number of nitrogens with zero attached hydrogens (tertiary/aromatic N) is 2. The zero-order valence-electron chi connectivity index (χ0n) is 19.4. The molecule has 4 rings (SSSR count). The molecule has 7 heteroatoms. The summed E-state index contributed by atoms with van der Waals surface area (Å²) in [5, 5.41) is 14.4. The number of allylic oxidation sites excluding steroid dienone is 1. The minimum absolute atomic E-state index is 0.147. The number of anilines is 1. The van der Waals surface area contributed by atoms with E-state index in [2.05, 4.69) is 10.2 Å². The third kappa shape index (κ3) is 5.56. The molecule has 1 atom stereocenters. The van der Waals surface area contributed by atoms with Gasteiger partial charge in [-0.3, -0.25) is 15.4 Å². The molecule has 0 bridgehead atoms. The van der Waals surface area contributed by atoms with Gasteiger partial charge in [0.1, 0.15) is 6.61 Å². The average molecular weight is 468 g/mol. The van der Waals surface area contributed by atoms with Gasteiger partial charge in [0, 0.05) is 16.2 Å². The lowest BCUT2D eigenvalue weighted by molar-refractivity contribution is -0.481. The van der Waals surface area contributed by atoms with Crippen LogP contribution in [0.5, 0.6) is 0 Å². The second-order valence-electron chi connectivity index (χ2n) is 8.45. The van der Waals surface area contributed by atoms with Crippen LogP contribution in [0.1, 0.15) is 39.3 Å². The Labute approximate surface area is 204 Å². The summed E-state index contributed by atoms with van der Waals surface area (Å²) < 4.78 is 5.34. The highest BCUT2D eigenvalue weighted by Crippen LogP contribution is 2.41. The zero-order valence-corrected chi connectivity index (χ0v) is 19.4. The van der Waals surface area contributed by atoms with Crippen LogP contribution in [0, 0.1) is 23.6 Å². The van der Waals surface area contributed by atoms with Crippen molar-refractivity contribution in [2.75, 3.05) is 11.9 Å². The van der Waals surface area contributed by atoms with Gasteiger partial charge in [-0.25, -0.2) is 11.4 Å². The average Bonchev–Trinajstić information content (AvgIpc) is 3.26. The van der Waals surface area contributed by atoms with Crippen LogP contribution in [0.2, 0.25) is 0 Å². The fourth-order valence-electron chi connectivity index (χ4n) is 4.50. The lowest BCUT2D eigenvalue weighted by Crippen LogP contribution is -2.18. The summed E-state index contributed by atoms with van der Waals surface area (Å²) in [5.74, 6) is -0.472. The molecule has 0 aliphatic heterocycles. The van der Waals surface area contributed by atoms with Gasteiger partial charge >= 0.3 is 6.09 Å². The number of fused-ring (bicyclic) bond motifs is 1. The summed E-state index contributed by atoms with van der Waals surface area (Å²) >= 11 is 0. The fraction of sp³-hybridized carbons (Fsp3) is 0.214. The van der Waals surface area contributed by atoms with Gasteiger partial charge in [-0.15, -0.1) is 0 Å². The SMILES string of the molecule is [C-]#[N+]Cc1ccc2c(c1)CC=C2C(C[N+](=O)[O-])c1cccc(NC(=O)OCc2ccccc2)c1C. The van der Waals surface area contributed by atoms with Gasteiger partial charge in [0.15, 0.2) is 0 Å². The number of carbonyl (C=O) groups excluding carboxylic acids is 1. The molecule has 1 aliphatic carbocycles. The second kappa shape index (κ2) is 10.7. The van der Waals surface area contributed by atoms with Crippen LogP contribution in [0.4, 0.5) is 10.5 Å². The molecular formula is C28H25N3O4. The van der Waals surface area contributed by atoms with Crippen LogP contribution in [0.3, 0.4) is 0 Å². The highest BCUT2D eigenvalue weighted by Gasteiger charge is 2.29. The molecule has 35 heavy (non-hydrogen) atoms. The number of benzene rings is 3. The van der Waals surface area contributed by atoms with Gasteiger partial charge in [-0.1, -0.05) is 60.7 Å². The summed E-state index contributed by atoms with van der Waals surface area (Å²) in [5.41, 5.74) is 6.87. The van der Waals surface area contributed by atoms with E-state index in [1.165, 1.54) is 0 Å². The van der Waals surface area contributed by atoms with Crippen molar-refractivity contribution in [2.45, 2.75) is 32.4 Å². The van der Waals surface area contributed by atoms with Crippen LogP contribution in [0.15, 0.2) is 72.8 Å². The standard InChI is InChI=1S/C28H25N3O4/c1-19-23(9-6-10-27(19)30-28(32)35-18-20-7-4-3-5-8-20)26(17-31(33)34)25-14-12-22-15-21(16-29-2)11-13-24(22)25/h3-11,13-15,26H,12,16-18H2,1H3,(H,30,32). The second-order valence-corrected chi connectivity index (χ2v) is 8.45. The number of carbonyl (C=O) groups is 1. The molecular weight excluding hydrogens is 442 g/mol. The number of ether oxygens (including phenoxy) is 1. The molecule has 1 amide bonds. The Morgan fingerprint density at radius 1 is 1.14 bits per heavy atom. The molecule has 0 saturated heterocycles. The minimum Gasteiger partial charge on any atom is -0.444 e. The molecule has 0 spiro atoms. The van der Waals surface area contributed by atoms with Crippen molar-refractivity contribution < 1.29 is 14.5 Å². The Balaban J connectivity index is 1.57. The maximum absolute atomic E-state index is 12.4. The van der Waals surface area contributed by atoms with Gasteiger partial charge in [0.2, 0.25) is 13.1 Å². The van der Waals surface area contributed by atoms with Crippen LogP contribution in [-0.4, -0.2) is 17.6 Å². The summed E-state index contributed by atoms with van der Waals surface area (Å²) in [6.45, 7) is 9.14. The van der Waals surface area contributed by atoms with Crippen LogP contribution >= 0.6 is 0 Å². The van der Waals surface area contributed by atoms with Gasteiger partial charge in [-0.2, -0.15) is 0 Å². The van der Waals surface area contributed by atoms with Crippen molar-refractivity contribution in [3.63, 3.8) is 0 Å². The van der Waals surface area contributed by atoms with E-state index in [9.17, 15) is 14.9 Å². The topological polar surface area (TPSA) is 85.8 Å². The molecule has 0 saturated carbocycles. The van der Waals surface area contributed by atoms with Crippen molar-refractivity contribution in [3.05, 3.63) is 128 Å². The molecule has 0 radical (unpaired) electrons. The quantitative estimate of drug-likeness (QED) is 0.244. The Morgan fingerprint density at radius 3 is 2.69 bits per heavy atom. The van der Waals surface area contributed by atoms with E-state index in [1.54, 1.807) is 12.1 Å². The van der Waals surface area contributed by atoms with E-state index in [0.29, 0.717) is 18.7 Å². The normalized spacial score (nSPS) is 12.7. The van der Waals surface area contributed by atoms with E-state index < -0.39 is 12.0 Å². The number of amides is 1. The van der Waals surface area contributed by atoms with E-state index in [-0.39, 0.29) is 18.1 Å². The minimum atomic E-state index is -0.585. The zero-order chi connectivity index (χ0) is 24.8. The van der Waals surface area contributed by atoms with Crippen molar-refractivity contribution in [1.82, 2.24) is 0 Å². The number of hydrogen-bond acceptors (Lipinski definition) is 4. The Kier molecular flexibility index (Phi) is 7.22. The van der Waals surface area contributed by atoms with Gasteiger partial charge in [0.05, 0.1) is 5.92 Å². The van der Waals surface area contributed by atoms with E-state index in [0.717, 1.165) is 39.0 Å². The van der Waals surface area contributed by atoms with Crippen molar-refractivity contribution in [2.24, 2.45) is 0 Å². The van der Waals surface area contributed by atoms with Crippen LogP contribution < -0.4 is 5.32 Å². The molecule has 1 N–H and O–H groups in total. The molecule has 1 aliphatic rings. The fourth-order valence-corrected chi connectivity index (χ4v) is 4.50. The highest BCUT2D eigenvalue weighted by molar-refractivity contribution is 5.86. The smallest absolute Gasteiger partial charge is 0.411 e. The number of hydrogen-bond donors (Lipinski definition) is 1. The molecule has 3 aromatic rings. The van der Waals surface area contributed by atoms with Crippen molar-refractivity contribution in [1.29, 1.82) is 0 Å². The van der Waals surface area contributed by atoms with Gasteiger partial charge in [0.25, 0.3) is 0 Å².